The van der Waals surface area contributed by atoms with Gasteiger partial charge in [-0.05, 0) is 42.5 Å². The number of hydrogen-bond donors (Lipinski definition) is 1. The molecule has 0 radical (unpaired) electrons. The van der Waals surface area contributed by atoms with Gasteiger partial charge in [0, 0.05) is 0 Å². The van der Waals surface area contributed by atoms with E-state index in [0.29, 0.717) is 15.0 Å². The zero-order valence-corrected chi connectivity index (χ0v) is 16.6. The van der Waals surface area contributed by atoms with E-state index in [4.69, 9.17) is 20.8 Å². The van der Waals surface area contributed by atoms with Gasteiger partial charge in [0.15, 0.2) is 6.61 Å². The fourth-order valence-corrected chi connectivity index (χ4v) is 4.21. The molecule has 2 aromatic heterocycles. The quantitative estimate of drug-likeness (QED) is 0.425. The summed E-state index contributed by atoms with van der Waals surface area (Å²) in [5.41, 5.74) is 0.0119. The molecule has 0 aliphatic heterocycles. The van der Waals surface area contributed by atoms with Crippen LogP contribution in [0, 0.1) is 0 Å². The molecule has 0 spiro atoms. The Morgan fingerprint density at radius 1 is 1.14 bits per heavy atom. The Morgan fingerprint density at radius 2 is 1.96 bits per heavy atom. The van der Waals surface area contributed by atoms with Crippen molar-refractivity contribution in [3.8, 4) is 0 Å². The minimum Gasteiger partial charge on any atom is -0.468 e. The normalized spacial score (nSPS) is 11.3. The summed E-state index contributed by atoms with van der Waals surface area (Å²) in [5.74, 6) is -0.750. The highest BCUT2D eigenvalue weighted by Gasteiger charge is 2.18. The second-order valence-electron chi connectivity index (χ2n) is 5.53. The molecule has 1 N–H and O–H groups in total. The van der Waals surface area contributed by atoms with Crippen LogP contribution in [0.5, 0.6) is 0 Å². The van der Waals surface area contributed by atoms with Crippen molar-refractivity contribution in [1.29, 1.82) is 0 Å². The summed E-state index contributed by atoms with van der Waals surface area (Å²) in [7, 11) is -3.86. The zero-order chi connectivity index (χ0) is 20.1. The summed E-state index contributed by atoms with van der Waals surface area (Å²) in [6.45, 7) is -0.495. The maximum atomic E-state index is 12.4. The molecule has 0 bridgehead atoms. The summed E-state index contributed by atoms with van der Waals surface area (Å²) in [6, 6.07) is 11.7. The summed E-state index contributed by atoms with van der Waals surface area (Å²) in [5, 5.41) is 0. The first-order chi connectivity index (χ1) is 13.3. The number of Topliss-reactive ketones (excluding diaryl/α,β-unsaturated/α-hetero) is 1. The van der Waals surface area contributed by atoms with Crippen LogP contribution in [0.3, 0.4) is 0 Å². The predicted molar refractivity (Wildman–Crippen MR) is 103 cm³/mol. The number of esters is 1. The highest BCUT2D eigenvalue weighted by molar-refractivity contribution is 7.89. The van der Waals surface area contributed by atoms with Gasteiger partial charge in [0.05, 0.1) is 32.5 Å². The van der Waals surface area contributed by atoms with Gasteiger partial charge in [0.1, 0.15) is 5.76 Å². The van der Waals surface area contributed by atoms with Crippen molar-refractivity contribution < 1.29 is 27.2 Å². The van der Waals surface area contributed by atoms with Gasteiger partial charge in [0.2, 0.25) is 15.8 Å². The highest BCUT2D eigenvalue weighted by atomic mass is 35.5. The van der Waals surface area contributed by atoms with E-state index in [0.717, 1.165) is 11.3 Å². The van der Waals surface area contributed by atoms with Crippen LogP contribution in [0.15, 0.2) is 64.1 Å². The standard InChI is InChI=1S/C18H14ClNO6S2/c19-17-7-6-16(27-17)15(21)11-26-18(22)12-3-1-5-14(9-12)28(23,24)20-10-13-4-2-8-25-13/h1-9,20H,10-11H2. The van der Waals surface area contributed by atoms with Crippen LogP contribution < -0.4 is 4.72 Å². The molecule has 3 aromatic rings. The number of ether oxygens (including phenoxy) is 1. The third-order valence-electron chi connectivity index (χ3n) is 3.58. The van der Waals surface area contributed by atoms with E-state index in [2.05, 4.69) is 4.72 Å². The average Bonchev–Trinajstić information content (AvgIpc) is 3.36. The Morgan fingerprint density at radius 3 is 2.64 bits per heavy atom. The van der Waals surface area contributed by atoms with Gasteiger partial charge in [-0.1, -0.05) is 17.7 Å². The minimum absolute atomic E-state index is 0.0119. The van der Waals surface area contributed by atoms with E-state index >= 15 is 0 Å². The Hall–Kier alpha value is -2.46. The second kappa shape index (κ2) is 8.70. The number of halogens is 1. The molecule has 0 amide bonds. The Bertz CT molecular complexity index is 1090. The van der Waals surface area contributed by atoms with Crippen LogP contribution in [0.1, 0.15) is 25.8 Å². The summed E-state index contributed by atoms with van der Waals surface area (Å²) in [4.78, 5) is 24.4. The summed E-state index contributed by atoms with van der Waals surface area (Å²) < 4.78 is 37.7. The van der Waals surface area contributed by atoms with E-state index in [1.54, 1.807) is 24.3 Å². The van der Waals surface area contributed by atoms with Crippen molar-refractivity contribution in [2.75, 3.05) is 6.61 Å². The number of benzene rings is 1. The van der Waals surface area contributed by atoms with E-state index in [-0.39, 0.29) is 17.0 Å². The molecule has 3 rings (SSSR count). The number of thiophene rings is 1. The topological polar surface area (TPSA) is 103 Å². The zero-order valence-electron chi connectivity index (χ0n) is 14.3. The SMILES string of the molecule is O=C(OCC(=O)c1ccc(Cl)s1)c1cccc(S(=O)(=O)NCc2ccco2)c1. The number of carbonyl (C=O) groups excluding carboxylic acids is 2. The van der Waals surface area contributed by atoms with Crippen molar-refractivity contribution in [1.82, 2.24) is 4.72 Å². The van der Waals surface area contributed by atoms with Gasteiger partial charge in [-0.15, -0.1) is 11.3 Å². The van der Waals surface area contributed by atoms with Crippen molar-refractivity contribution in [3.63, 3.8) is 0 Å². The second-order valence-corrected chi connectivity index (χ2v) is 9.02. The minimum atomic E-state index is -3.86. The van der Waals surface area contributed by atoms with E-state index in [1.165, 1.54) is 30.5 Å². The molecule has 0 unspecified atom stereocenters. The van der Waals surface area contributed by atoms with Crippen LogP contribution in [-0.4, -0.2) is 26.8 Å². The molecule has 146 valence electrons. The van der Waals surface area contributed by atoms with Crippen molar-refractivity contribution in [3.05, 3.63) is 75.3 Å². The van der Waals surface area contributed by atoms with Crippen LogP contribution in [0.2, 0.25) is 4.34 Å². The largest absolute Gasteiger partial charge is 0.468 e. The third kappa shape index (κ3) is 5.08. The Labute approximate surface area is 169 Å². The first-order valence-corrected chi connectivity index (χ1v) is 10.6. The number of ketones is 1. The fourth-order valence-electron chi connectivity index (χ4n) is 2.20. The smallest absolute Gasteiger partial charge is 0.338 e. The molecule has 7 nitrogen and oxygen atoms in total. The summed E-state index contributed by atoms with van der Waals surface area (Å²) in [6.07, 6.45) is 1.44. The van der Waals surface area contributed by atoms with Crippen molar-refractivity contribution >= 4 is 44.7 Å². The lowest BCUT2D eigenvalue weighted by molar-refractivity contribution is 0.0475. The van der Waals surface area contributed by atoms with Gasteiger partial charge in [-0.2, -0.15) is 0 Å². The average molecular weight is 440 g/mol. The summed E-state index contributed by atoms with van der Waals surface area (Å²) >= 11 is 6.85. The number of rotatable bonds is 8. The molecule has 1 aromatic carbocycles. The lowest BCUT2D eigenvalue weighted by Crippen LogP contribution is -2.23. The molecule has 0 saturated carbocycles. The van der Waals surface area contributed by atoms with E-state index < -0.39 is 28.4 Å². The van der Waals surface area contributed by atoms with Crippen molar-refractivity contribution in [2.45, 2.75) is 11.4 Å². The molecule has 28 heavy (non-hydrogen) atoms. The van der Waals surface area contributed by atoms with Gasteiger partial charge >= 0.3 is 5.97 Å². The molecule has 0 fully saturated rings. The van der Waals surface area contributed by atoms with Crippen LogP contribution in [0.4, 0.5) is 0 Å². The monoisotopic (exact) mass is 439 g/mol. The van der Waals surface area contributed by atoms with Gasteiger partial charge in [-0.3, -0.25) is 4.79 Å². The maximum Gasteiger partial charge on any atom is 0.338 e. The van der Waals surface area contributed by atoms with E-state index in [9.17, 15) is 18.0 Å². The molecule has 10 heteroatoms. The van der Waals surface area contributed by atoms with Crippen LogP contribution in [0.25, 0.3) is 0 Å². The number of carbonyl (C=O) groups is 2. The van der Waals surface area contributed by atoms with Crippen LogP contribution >= 0.6 is 22.9 Å². The number of hydrogen-bond acceptors (Lipinski definition) is 7. The third-order valence-corrected chi connectivity index (χ3v) is 6.25. The van der Waals surface area contributed by atoms with Crippen molar-refractivity contribution in [2.24, 2.45) is 0 Å². The highest BCUT2D eigenvalue weighted by Crippen LogP contribution is 2.22. The fraction of sp³-hybridized carbons (Fsp3) is 0.111. The molecular weight excluding hydrogens is 426 g/mol. The lowest BCUT2D eigenvalue weighted by Gasteiger charge is -2.08. The molecule has 0 saturated heterocycles. The molecular formula is C18H14ClNO6S2. The number of furan rings is 1. The van der Waals surface area contributed by atoms with Crippen LogP contribution in [-0.2, 0) is 21.3 Å². The Kier molecular flexibility index (Phi) is 6.30. The molecule has 2 heterocycles. The van der Waals surface area contributed by atoms with Gasteiger partial charge in [-0.25, -0.2) is 17.9 Å². The Balaban J connectivity index is 1.64. The molecule has 0 aliphatic rings. The van der Waals surface area contributed by atoms with Gasteiger partial charge in [0.25, 0.3) is 0 Å². The lowest BCUT2D eigenvalue weighted by atomic mass is 10.2. The number of sulfonamides is 1. The predicted octanol–water partition coefficient (Wildman–Crippen LogP) is 3.51. The molecule has 0 atom stereocenters. The molecule has 0 aliphatic carbocycles. The number of nitrogens with one attached hydrogen (secondary N) is 1. The van der Waals surface area contributed by atoms with E-state index in [1.807, 2.05) is 0 Å². The first kappa shape index (κ1) is 20.3. The van der Waals surface area contributed by atoms with Gasteiger partial charge < -0.3 is 9.15 Å². The first-order valence-electron chi connectivity index (χ1n) is 7.93. The maximum absolute atomic E-state index is 12.4.